The average molecular weight is 461 g/mol. The molecular formula is C27H32N4O3. The van der Waals surface area contributed by atoms with E-state index in [0.717, 1.165) is 41.0 Å². The number of nitrogens with zero attached hydrogens (tertiary/aromatic N) is 1. The molecule has 4 rings (SSSR count). The van der Waals surface area contributed by atoms with Crippen molar-refractivity contribution >= 4 is 11.6 Å². The Kier molecular flexibility index (Phi) is 7.45. The number of benzene rings is 2. The third kappa shape index (κ3) is 5.92. The molecule has 0 saturated carbocycles. The second-order valence-electron chi connectivity index (χ2n) is 8.77. The van der Waals surface area contributed by atoms with E-state index in [9.17, 15) is 4.79 Å². The first-order valence-electron chi connectivity index (χ1n) is 11.6. The molecule has 1 amide bonds. The zero-order chi connectivity index (χ0) is 24.1. The largest absolute Gasteiger partial charge is 0.491 e. The molecule has 2 aromatic carbocycles. The molecule has 0 spiro atoms. The van der Waals surface area contributed by atoms with Crippen LogP contribution in [0, 0.1) is 13.8 Å². The quantitative estimate of drug-likeness (QED) is 0.464. The van der Waals surface area contributed by atoms with Gasteiger partial charge in [-0.25, -0.2) is 0 Å². The van der Waals surface area contributed by atoms with Crippen LogP contribution in [0.3, 0.4) is 0 Å². The predicted octanol–water partition coefficient (Wildman–Crippen LogP) is 3.81. The molecule has 1 saturated heterocycles. The molecule has 1 aliphatic rings. The van der Waals surface area contributed by atoms with Crippen molar-refractivity contribution in [3.05, 3.63) is 77.1 Å². The summed E-state index contributed by atoms with van der Waals surface area (Å²) < 4.78 is 11.8. The van der Waals surface area contributed by atoms with Crippen molar-refractivity contribution in [3.8, 4) is 16.9 Å². The van der Waals surface area contributed by atoms with Crippen LogP contribution in [0.15, 0.2) is 54.7 Å². The number of pyridine rings is 1. The van der Waals surface area contributed by atoms with Crippen molar-refractivity contribution in [2.24, 2.45) is 0 Å². The summed E-state index contributed by atoms with van der Waals surface area (Å²) in [4.78, 5) is 17.6. The Morgan fingerprint density at radius 3 is 2.79 bits per heavy atom. The van der Waals surface area contributed by atoms with Gasteiger partial charge in [0.1, 0.15) is 18.5 Å². The molecule has 4 N–H and O–H groups in total. The molecule has 178 valence electrons. The molecule has 0 radical (unpaired) electrons. The van der Waals surface area contributed by atoms with Gasteiger partial charge in [0.2, 0.25) is 0 Å². The van der Waals surface area contributed by atoms with E-state index < -0.39 is 0 Å². The molecule has 7 heteroatoms. The molecule has 7 nitrogen and oxygen atoms in total. The van der Waals surface area contributed by atoms with E-state index in [-0.39, 0.29) is 18.1 Å². The van der Waals surface area contributed by atoms with E-state index in [2.05, 4.69) is 15.6 Å². The molecule has 2 atom stereocenters. The second kappa shape index (κ2) is 10.7. The van der Waals surface area contributed by atoms with Gasteiger partial charge in [-0.1, -0.05) is 18.2 Å². The third-order valence-corrected chi connectivity index (χ3v) is 5.91. The summed E-state index contributed by atoms with van der Waals surface area (Å²) in [5.74, 6) is 0.405. The third-order valence-electron chi connectivity index (χ3n) is 5.91. The number of carbonyl (C=O) groups excluding carboxylic acids is 1. The summed E-state index contributed by atoms with van der Waals surface area (Å²) in [6.07, 6.45) is 1.75. The predicted molar refractivity (Wildman–Crippen MR) is 134 cm³/mol. The smallest absolute Gasteiger partial charge is 0.251 e. The molecule has 0 bridgehead atoms. The van der Waals surface area contributed by atoms with Gasteiger partial charge in [0.15, 0.2) is 0 Å². The van der Waals surface area contributed by atoms with Crippen LogP contribution in [0.4, 0.5) is 5.69 Å². The first kappa shape index (κ1) is 23.7. The lowest BCUT2D eigenvalue weighted by atomic mass is 9.99. The van der Waals surface area contributed by atoms with Gasteiger partial charge < -0.3 is 25.8 Å². The van der Waals surface area contributed by atoms with Gasteiger partial charge in [0.05, 0.1) is 12.6 Å². The number of rotatable bonds is 7. The van der Waals surface area contributed by atoms with Crippen molar-refractivity contribution in [3.63, 3.8) is 0 Å². The van der Waals surface area contributed by atoms with Crippen LogP contribution in [0.25, 0.3) is 11.1 Å². The Hall–Kier alpha value is -3.42. The van der Waals surface area contributed by atoms with Crippen molar-refractivity contribution in [2.45, 2.75) is 32.9 Å². The number of ether oxygens (including phenoxy) is 2. The van der Waals surface area contributed by atoms with Gasteiger partial charge in [0.25, 0.3) is 5.91 Å². The zero-order valence-electron chi connectivity index (χ0n) is 19.9. The van der Waals surface area contributed by atoms with Gasteiger partial charge in [0, 0.05) is 41.8 Å². The Balaban J connectivity index is 1.60. The topological polar surface area (TPSA) is 98.5 Å². The number of anilines is 1. The van der Waals surface area contributed by atoms with Crippen molar-refractivity contribution in [2.75, 3.05) is 32.0 Å². The zero-order valence-corrected chi connectivity index (χ0v) is 19.9. The lowest BCUT2D eigenvalue weighted by Crippen LogP contribution is -2.41. The molecule has 1 fully saturated rings. The molecule has 0 aliphatic carbocycles. The Bertz CT molecular complexity index is 1140. The van der Waals surface area contributed by atoms with E-state index in [1.807, 2.05) is 63.2 Å². The van der Waals surface area contributed by atoms with Crippen LogP contribution in [0.5, 0.6) is 5.75 Å². The molecule has 1 aliphatic heterocycles. The minimum Gasteiger partial charge on any atom is -0.491 e. The highest BCUT2D eigenvalue weighted by atomic mass is 16.5. The SMILES string of the molecule is Cc1ccc(-c2cc(OCC3CNCCO3)cc(C(=O)N[C@H](C)c3ccc(C)nc3)c2)c(N)c1. The van der Waals surface area contributed by atoms with Crippen LogP contribution in [0.1, 0.15) is 40.1 Å². The summed E-state index contributed by atoms with van der Waals surface area (Å²) in [6.45, 7) is 8.51. The number of morpholine rings is 1. The first-order valence-corrected chi connectivity index (χ1v) is 11.6. The van der Waals surface area contributed by atoms with Crippen LogP contribution in [0.2, 0.25) is 0 Å². The number of amides is 1. The molecular weight excluding hydrogens is 428 g/mol. The number of aryl methyl sites for hydroxylation is 2. The van der Waals surface area contributed by atoms with Gasteiger partial charge in [-0.3, -0.25) is 9.78 Å². The number of hydrogen-bond donors (Lipinski definition) is 3. The van der Waals surface area contributed by atoms with E-state index in [1.54, 1.807) is 12.3 Å². The minimum absolute atomic E-state index is 0.0341. The molecule has 34 heavy (non-hydrogen) atoms. The van der Waals surface area contributed by atoms with E-state index in [0.29, 0.717) is 30.2 Å². The maximum atomic E-state index is 13.2. The highest BCUT2D eigenvalue weighted by Gasteiger charge is 2.18. The molecule has 1 unspecified atom stereocenters. The van der Waals surface area contributed by atoms with Crippen LogP contribution in [-0.2, 0) is 4.74 Å². The Labute approximate surface area is 200 Å². The van der Waals surface area contributed by atoms with Gasteiger partial charge in [-0.2, -0.15) is 0 Å². The number of carbonyl (C=O) groups is 1. The Morgan fingerprint density at radius 1 is 1.24 bits per heavy atom. The lowest BCUT2D eigenvalue weighted by molar-refractivity contribution is 0.000195. The highest BCUT2D eigenvalue weighted by Crippen LogP contribution is 2.31. The van der Waals surface area contributed by atoms with E-state index >= 15 is 0 Å². The maximum Gasteiger partial charge on any atom is 0.251 e. The summed E-state index contributed by atoms with van der Waals surface area (Å²) in [5, 5.41) is 6.37. The monoisotopic (exact) mass is 460 g/mol. The standard InChI is InChI=1S/C27H32N4O3/c1-17-4-7-25(26(28)10-17)21-11-22(13-23(12-21)34-16-24-15-29-8-9-33-24)27(32)31-19(3)20-6-5-18(2)30-14-20/h4-7,10-14,19,24,29H,8-9,15-16,28H2,1-3H3,(H,31,32)/t19-,24?/m1/s1. The van der Waals surface area contributed by atoms with Crippen molar-refractivity contribution < 1.29 is 14.3 Å². The number of nitrogen functional groups attached to an aromatic ring is 1. The van der Waals surface area contributed by atoms with Crippen LogP contribution in [-0.4, -0.2) is 43.3 Å². The Morgan fingerprint density at radius 2 is 2.09 bits per heavy atom. The van der Waals surface area contributed by atoms with Crippen LogP contribution < -0.4 is 21.1 Å². The average Bonchev–Trinajstić information content (AvgIpc) is 2.83. The molecule has 1 aromatic heterocycles. The van der Waals surface area contributed by atoms with Crippen molar-refractivity contribution in [1.82, 2.24) is 15.6 Å². The van der Waals surface area contributed by atoms with Crippen LogP contribution >= 0.6 is 0 Å². The minimum atomic E-state index is -0.195. The molecule has 3 aromatic rings. The summed E-state index contributed by atoms with van der Waals surface area (Å²) in [7, 11) is 0. The molecule has 2 heterocycles. The van der Waals surface area contributed by atoms with Gasteiger partial charge in [-0.15, -0.1) is 0 Å². The van der Waals surface area contributed by atoms with Crippen molar-refractivity contribution in [1.29, 1.82) is 0 Å². The fourth-order valence-electron chi connectivity index (χ4n) is 3.93. The first-order chi connectivity index (χ1) is 16.4. The summed E-state index contributed by atoms with van der Waals surface area (Å²) in [6, 6.07) is 15.2. The lowest BCUT2D eigenvalue weighted by Gasteiger charge is -2.24. The summed E-state index contributed by atoms with van der Waals surface area (Å²) >= 11 is 0. The fraction of sp³-hybridized carbons (Fsp3) is 0.333. The normalized spacial score (nSPS) is 16.6. The number of nitrogens with one attached hydrogen (secondary N) is 2. The van der Waals surface area contributed by atoms with Gasteiger partial charge in [-0.05, 0) is 67.8 Å². The highest BCUT2D eigenvalue weighted by molar-refractivity contribution is 5.96. The van der Waals surface area contributed by atoms with Gasteiger partial charge >= 0.3 is 0 Å². The van der Waals surface area contributed by atoms with E-state index in [1.165, 1.54) is 0 Å². The number of aromatic nitrogens is 1. The fourth-order valence-corrected chi connectivity index (χ4v) is 3.93. The second-order valence-corrected chi connectivity index (χ2v) is 8.77. The number of nitrogens with two attached hydrogens (primary N) is 1. The number of hydrogen-bond acceptors (Lipinski definition) is 6. The summed E-state index contributed by atoms with van der Waals surface area (Å²) in [5.41, 5.74) is 12.1. The maximum absolute atomic E-state index is 13.2. The van der Waals surface area contributed by atoms with E-state index in [4.69, 9.17) is 15.2 Å².